The van der Waals surface area contributed by atoms with Crippen LogP contribution in [0.5, 0.6) is 0 Å². The number of rotatable bonds is 8. The van der Waals surface area contributed by atoms with Crippen molar-refractivity contribution < 1.29 is 0 Å². The lowest BCUT2D eigenvalue weighted by molar-refractivity contribution is 0.569. The van der Waals surface area contributed by atoms with Crippen molar-refractivity contribution in [3.8, 4) is 0 Å². The second-order valence-electron chi connectivity index (χ2n) is 5.23. The Kier molecular flexibility index (Phi) is 4.46. The Bertz CT molecular complexity index is 328. The zero-order chi connectivity index (χ0) is 12.1. The lowest BCUT2D eigenvalue weighted by atomic mass is 10.1. The van der Waals surface area contributed by atoms with Crippen LogP contribution in [0, 0.1) is 5.92 Å². The zero-order valence-electron chi connectivity index (χ0n) is 11.2. The second kappa shape index (κ2) is 6.08. The molecule has 17 heavy (non-hydrogen) atoms. The van der Waals surface area contributed by atoms with Gasteiger partial charge in [-0.1, -0.05) is 33.1 Å². The molecule has 1 aliphatic rings. The molecule has 1 aromatic rings. The van der Waals surface area contributed by atoms with Crippen LogP contribution in [0.15, 0.2) is 12.4 Å². The first-order chi connectivity index (χ1) is 8.33. The molecule has 1 aliphatic carbocycles. The monoisotopic (exact) mass is 235 g/mol. The highest BCUT2D eigenvalue weighted by Crippen LogP contribution is 2.34. The Hall–Kier alpha value is -0.990. The van der Waals surface area contributed by atoms with E-state index in [2.05, 4.69) is 34.9 Å². The minimum atomic E-state index is 0.602. The molecule has 1 aromatic heterocycles. The van der Waals surface area contributed by atoms with Gasteiger partial charge in [0.2, 0.25) is 5.95 Å². The number of nitrogens with one attached hydrogen (secondary N) is 1. The summed E-state index contributed by atoms with van der Waals surface area (Å²) in [6.45, 7) is 5.57. The molecule has 0 amide bonds. The number of imidazole rings is 1. The van der Waals surface area contributed by atoms with Crippen LogP contribution in [0.2, 0.25) is 0 Å². The molecule has 1 atom stereocenters. The van der Waals surface area contributed by atoms with Crippen molar-refractivity contribution in [1.29, 1.82) is 0 Å². The van der Waals surface area contributed by atoms with E-state index in [0.29, 0.717) is 6.04 Å². The van der Waals surface area contributed by atoms with Crippen molar-refractivity contribution in [2.45, 2.75) is 65.0 Å². The molecule has 0 aliphatic heterocycles. The van der Waals surface area contributed by atoms with E-state index in [9.17, 15) is 0 Å². The molecule has 1 saturated carbocycles. The predicted molar refractivity (Wildman–Crippen MR) is 72.2 cm³/mol. The van der Waals surface area contributed by atoms with E-state index in [1.807, 2.05) is 6.20 Å². The number of hydrogen-bond donors (Lipinski definition) is 1. The predicted octanol–water partition coefficient (Wildman–Crippen LogP) is 3.67. The fourth-order valence-electron chi connectivity index (χ4n) is 2.22. The van der Waals surface area contributed by atoms with Gasteiger partial charge >= 0.3 is 0 Å². The lowest BCUT2D eigenvalue weighted by Crippen LogP contribution is -2.21. The van der Waals surface area contributed by atoms with Gasteiger partial charge in [0.05, 0.1) is 0 Å². The second-order valence-corrected chi connectivity index (χ2v) is 5.23. The molecule has 0 spiro atoms. The highest BCUT2D eigenvalue weighted by atomic mass is 15.2. The Morgan fingerprint density at radius 1 is 1.47 bits per heavy atom. The first-order valence-corrected chi connectivity index (χ1v) is 7.11. The Labute approximate surface area is 105 Å². The maximum atomic E-state index is 4.44. The Morgan fingerprint density at radius 2 is 2.29 bits per heavy atom. The molecular weight excluding hydrogens is 210 g/mol. The third-order valence-corrected chi connectivity index (χ3v) is 3.61. The Morgan fingerprint density at radius 3 is 2.94 bits per heavy atom. The summed E-state index contributed by atoms with van der Waals surface area (Å²) in [4.78, 5) is 4.44. The summed E-state index contributed by atoms with van der Waals surface area (Å²) in [6.07, 6.45) is 11.8. The van der Waals surface area contributed by atoms with Gasteiger partial charge in [-0.3, -0.25) is 0 Å². The largest absolute Gasteiger partial charge is 0.353 e. The summed E-state index contributed by atoms with van der Waals surface area (Å²) < 4.78 is 2.25. The maximum Gasteiger partial charge on any atom is 0.202 e. The van der Waals surface area contributed by atoms with Crippen LogP contribution in [-0.4, -0.2) is 15.6 Å². The molecule has 3 nitrogen and oxygen atoms in total. The standard InChI is InChI=1S/C14H25N3/c1-3-5-9-17-10-8-15-14(17)16-13(4-2)11-12-6-7-12/h8,10,12-13H,3-7,9,11H2,1-2H3,(H,15,16). The van der Waals surface area contributed by atoms with Gasteiger partial charge in [0, 0.05) is 25.0 Å². The lowest BCUT2D eigenvalue weighted by Gasteiger charge is -2.18. The number of aryl methyl sites for hydroxylation is 1. The minimum absolute atomic E-state index is 0.602. The number of unbranched alkanes of at least 4 members (excludes halogenated alkanes) is 1. The molecule has 0 bridgehead atoms. The molecule has 3 heteroatoms. The van der Waals surface area contributed by atoms with Gasteiger partial charge in [0.15, 0.2) is 0 Å². The highest BCUT2D eigenvalue weighted by molar-refractivity contribution is 5.27. The first kappa shape index (κ1) is 12.5. The third kappa shape index (κ3) is 3.76. The molecule has 2 rings (SSSR count). The van der Waals surface area contributed by atoms with Gasteiger partial charge < -0.3 is 9.88 Å². The van der Waals surface area contributed by atoms with E-state index in [4.69, 9.17) is 0 Å². The molecule has 96 valence electrons. The molecule has 0 saturated heterocycles. The smallest absolute Gasteiger partial charge is 0.202 e. The van der Waals surface area contributed by atoms with Crippen LogP contribution in [0.4, 0.5) is 5.95 Å². The van der Waals surface area contributed by atoms with E-state index in [0.717, 1.165) is 18.4 Å². The minimum Gasteiger partial charge on any atom is -0.353 e. The van der Waals surface area contributed by atoms with Crippen molar-refractivity contribution in [3.05, 3.63) is 12.4 Å². The highest BCUT2D eigenvalue weighted by Gasteiger charge is 2.25. The number of aromatic nitrogens is 2. The van der Waals surface area contributed by atoms with Crippen LogP contribution < -0.4 is 5.32 Å². The van der Waals surface area contributed by atoms with E-state index in [-0.39, 0.29) is 0 Å². The van der Waals surface area contributed by atoms with Gasteiger partial charge in [0.25, 0.3) is 0 Å². The Balaban J connectivity index is 1.88. The van der Waals surface area contributed by atoms with Gasteiger partial charge in [-0.2, -0.15) is 0 Å². The normalized spacial score (nSPS) is 17.1. The van der Waals surface area contributed by atoms with Crippen molar-refractivity contribution in [2.75, 3.05) is 5.32 Å². The van der Waals surface area contributed by atoms with Crippen molar-refractivity contribution in [3.63, 3.8) is 0 Å². The maximum absolute atomic E-state index is 4.44. The van der Waals surface area contributed by atoms with Gasteiger partial charge in [-0.25, -0.2) is 4.98 Å². The molecule has 1 N–H and O–H groups in total. The zero-order valence-corrected chi connectivity index (χ0v) is 11.2. The van der Waals surface area contributed by atoms with Crippen LogP contribution >= 0.6 is 0 Å². The molecule has 1 heterocycles. The molecule has 1 unspecified atom stereocenters. The van der Waals surface area contributed by atoms with E-state index in [1.54, 1.807) is 0 Å². The van der Waals surface area contributed by atoms with Crippen LogP contribution in [0.3, 0.4) is 0 Å². The average molecular weight is 235 g/mol. The number of hydrogen-bond acceptors (Lipinski definition) is 2. The fraction of sp³-hybridized carbons (Fsp3) is 0.786. The van der Waals surface area contributed by atoms with Gasteiger partial charge in [0.1, 0.15) is 0 Å². The number of nitrogens with zero attached hydrogens (tertiary/aromatic N) is 2. The SMILES string of the molecule is CCCCn1ccnc1NC(CC)CC1CC1. The summed E-state index contributed by atoms with van der Waals surface area (Å²) in [6, 6.07) is 0.602. The van der Waals surface area contributed by atoms with Crippen LogP contribution in [-0.2, 0) is 6.54 Å². The molecule has 1 fully saturated rings. The summed E-state index contributed by atoms with van der Waals surface area (Å²) in [5.41, 5.74) is 0. The summed E-state index contributed by atoms with van der Waals surface area (Å²) in [5, 5.41) is 3.61. The quantitative estimate of drug-likeness (QED) is 0.745. The number of anilines is 1. The van der Waals surface area contributed by atoms with Crippen molar-refractivity contribution in [1.82, 2.24) is 9.55 Å². The fourth-order valence-corrected chi connectivity index (χ4v) is 2.22. The third-order valence-electron chi connectivity index (χ3n) is 3.61. The molecular formula is C14H25N3. The summed E-state index contributed by atoms with van der Waals surface area (Å²) in [5.74, 6) is 2.04. The van der Waals surface area contributed by atoms with E-state index < -0.39 is 0 Å². The molecule has 0 aromatic carbocycles. The molecule has 0 radical (unpaired) electrons. The van der Waals surface area contributed by atoms with E-state index >= 15 is 0 Å². The van der Waals surface area contributed by atoms with Gasteiger partial charge in [-0.15, -0.1) is 0 Å². The van der Waals surface area contributed by atoms with Crippen LogP contribution in [0.25, 0.3) is 0 Å². The first-order valence-electron chi connectivity index (χ1n) is 7.11. The summed E-state index contributed by atoms with van der Waals surface area (Å²) >= 11 is 0. The van der Waals surface area contributed by atoms with Crippen LogP contribution in [0.1, 0.15) is 52.4 Å². The average Bonchev–Trinajstić information content (AvgIpc) is 3.05. The van der Waals surface area contributed by atoms with E-state index in [1.165, 1.54) is 38.5 Å². The summed E-state index contributed by atoms with van der Waals surface area (Å²) in [7, 11) is 0. The van der Waals surface area contributed by atoms with Crippen molar-refractivity contribution in [2.24, 2.45) is 5.92 Å². The topological polar surface area (TPSA) is 29.9 Å². The van der Waals surface area contributed by atoms with Crippen molar-refractivity contribution >= 4 is 5.95 Å². The van der Waals surface area contributed by atoms with Gasteiger partial charge in [-0.05, 0) is 25.2 Å².